The van der Waals surface area contributed by atoms with Crippen LogP contribution in [0.2, 0.25) is 0 Å². The molecule has 0 saturated heterocycles. The molecule has 28 heavy (non-hydrogen) atoms. The van der Waals surface area contributed by atoms with E-state index in [1.54, 1.807) is 16.7 Å². The Kier molecular flexibility index (Phi) is 3.75. The first-order valence-electron chi connectivity index (χ1n) is 9.58. The van der Waals surface area contributed by atoms with Crippen LogP contribution in [0.25, 0.3) is 22.6 Å². The van der Waals surface area contributed by atoms with E-state index in [0.29, 0.717) is 47.5 Å². The highest BCUT2D eigenvalue weighted by atomic mass is 16.4. The van der Waals surface area contributed by atoms with E-state index in [1.807, 2.05) is 0 Å². The molecule has 2 saturated carbocycles. The summed E-state index contributed by atoms with van der Waals surface area (Å²) in [4.78, 5) is 44.8. The van der Waals surface area contributed by atoms with Crippen molar-refractivity contribution in [2.75, 3.05) is 0 Å². The minimum absolute atomic E-state index is 0.138. The van der Waals surface area contributed by atoms with Crippen LogP contribution in [-0.2, 0) is 13.1 Å². The van der Waals surface area contributed by atoms with Crippen LogP contribution in [0.4, 0.5) is 0 Å². The number of aromatic nitrogens is 4. The maximum Gasteiger partial charge on any atom is 0.335 e. The molecule has 2 aliphatic carbocycles. The van der Waals surface area contributed by atoms with Gasteiger partial charge in [-0.15, -0.1) is 0 Å². The van der Waals surface area contributed by atoms with Gasteiger partial charge in [-0.05, 0) is 49.7 Å². The molecule has 3 aromatic rings. The Hall–Kier alpha value is -3.16. The van der Waals surface area contributed by atoms with Gasteiger partial charge < -0.3 is 10.1 Å². The normalized spacial score (nSPS) is 16.6. The molecule has 0 bridgehead atoms. The van der Waals surface area contributed by atoms with Crippen molar-refractivity contribution in [3.8, 4) is 11.4 Å². The largest absolute Gasteiger partial charge is 0.478 e. The summed E-state index contributed by atoms with van der Waals surface area (Å²) in [5, 5.41) is 9.22. The van der Waals surface area contributed by atoms with Gasteiger partial charge in [0.2, 0.25) is 0 Å². The SMILES string of the molecule is O=C(O)c1cccc(-c2nc3c([nH]2)c(=O)n(CC2CC2)c(=O)n3CC2CC2)c1. The number of benzene rings is 1. The monoisotopic (exact) mass is 380 g/mol. The summed E-state index contributed by atoms with van der Waals surface area (Å²) in [5.74, 6) is 0.203. The van der Waals surface area contributed by atoms with Crippen LogP contribution in [0.5, 0.6) is 0 Å². The molecule has 8 nitrogen and oxygen atoms in total. The third-order valence-corrected chi connectivity index (χ3v) is 5.52. The number of fused-ring (bicyclic) bond motifs is 1. The van der Waals surface area contributed by atoms with Crippen molar-refractivity contribution in [1.29, 1.82) is 0 Å². The Morgan fingerprint density at radius 3 is 2.43 bits per heavy atom. The number of aromatic amines is 1. The van der Waals surface area contributed by atoms with E-state index in [0.717, 1.165) is 25.7 Å². The number of nitrogens with one attached hydrogen (secondary N) is 1. The van der Waals surface area contributed by atoms with Crippen LogP contribution < -0.4 is 11.2 Å². The Labute approximate surface area is 159 Å². The summed E-state index contributed by atoms with van der Waals surface area (Å²) in [7, 11) is 0. The van der Waals surface area contributed by atoms with Crippen LogP contribution in [0.3, 0.4) is 0 Å². The van der Waals surface area contributed by atoms with Crippen molar-refractivity contribution < 1.29 is 9.90 Å². The molecule has 1 aromatic carbocycles. The standard InChI is InChI=1S/C20H20N4O4/c25-18-15-17(22-16(21-15)13-2-1-3-14(8-13)19(26)27)23(9-11-4-5-11)20(28)24(18)10-12-6-7-12/h1-3,8,11-12H,4-7,9-10H2,(H,21,22)(H,26,27). The number of carboxylic acids is 1. The molecule has 0 amide bonds. The van der Waals surface area contributed by atoms with Crippen molar-refractivity contribution in [1.82, 2.24) is 19.1 Å². The zero-order chi connectivity index (χ0) is 19.4. The molecule has 0 aliphatic heterocycles. The highest BCUT2D eigenvalue weighted by Gasteiger charge is 2.28. The van der Waals surface area contributed by atoms with Gasteiger partial charge in [0.05, 0.1) is 5.56 Å². The number of carbonyl (C=O) groups is 1. The molecular weight excluding hydrogens is 360 g/mol. The van der Waals surface area contributed by atoms with Gasteiger partial charge in [0, 0.05) is 18.7 Å². The first-order chi connectivity index (χ1) is 13.5. The van der Waals surface area contributed by atoms with Crippen LogP contribution in [0.1, 0.15) is 36.0 Å². The molecule has 2 aromatic heterocycles. The van der Waals surface area contributed by atoms with Crippen LogP contribution in [-0.4, -0.2) is 30.2 Å². The zero-order valence-corrected chi connectivity index (χ0v) is 15.2. The Morgan fingerprint density at radius 1 is 1.11 bits per heavy atom. The smallest absolute Gasteiger partial charge is 0.335 e. The van der Waals surface area contributed by atoms with Gasteiger partial charge in [0.25, 0.3) is 5.56 Å². The van der Waals surface area contributed by atoms with E-state index < -0.39 is 5.97 Å². The molecule has 0 atom stereocenters. The van der Waals surface area contributed by atoms with Crippen molar-refractivity contribution in [3.63, 3.8) is 0 Å². The molecule has 2 fully saturated rings. The zero-order valence-electron chi connectivity index (χ0n) is 15.2. The molecular formula is C20H20N4O4. The molecule has 2 N–H and O–H groups in total. The van der Waals surface area contributed by atoms with Crippen LogP contribution in [0, 0.1) is 11.8 Å². The number of hydrogen-bond acceptors (Lipinski definition) is 4. The van der Waals surface area contributed by atoms with Gasteiger partial charge in [-0.1, -0.05) is 12.1 Å². The number of nitrogens with zero attached hydrogens (tertiary/aromatic N) is 3. The second-order valence-corrected chi connectivity index (χ2v) is 7.87. The number of imidazole rings is 1. The molecule has 0 spiro atoms. The number of aromatic carboxylic acids is 1. The van der Waals surface area contributed by atoms with E-state index >= 15 is 0 Å². The van der Waals surface area contributed by atoms with E-state index in [2.05, 4.69) is 9.97 Å². The predicted octanol–water partition coefficient (Wildman–Crippen LogP) is 2.07. The molecule has 5 rings (SSSR count). The van der Waals surface area contributed by atoms with Gasteiger partial charge in [-0.3, -0.25) is 13.9 Å². The first kappa shape index (κ1) is 17.0. The lowest BCUT2D eigenvalue weighted by atomic mass is 10.1. The highest BCUT2D eigenvalue weighted by Crippen LogP contribution is 2.32. The highest BCUT2D eigenvalue weighted by molar-refractivity contribution is 5.89. The maximum atomic E-state index is 13.0. The average Bonchev–Trinajstić information content (AvgIpc) is 3.62. The lowest BCUT2D eigenvalue weighted by Crippen LogP contribution is -2.41. The Bertz CT molecular complexity index is 1210. The van der Waals surface area contributed by atoms with Gasteiger partial charge in [0.15, 0.2) is 5.65 Å². The van der Waals surface area contributed by atoms with E-state index in [1.165, 1.54) is 16.7 Å². The second kappa shape index (κ2) is 6.19. The number of rotatable bonds is 6. The van der Waals surface area contributed by atoms with E-state index in [-0.39, 0.29) is 16.8 Å². The molecule has 0 unspecified atom stereocenters. The third-order valence-electron chi connectivity index (χ3n) is 5.52. The van der Waals surface area contributed by atoms with Crippen LogP contribution >= 0.6 is 0 Å². The molecule has 2 heterocycles. The quantitative estimate of drug-likeness (QED) is 0.680. The molecule has 8 heteroatoms. The Morgan fingerprint density at radius 2 is 1.79 bits per heavy atom. The van der Waals surface area contributed by atoms with E-state index in [9.17, 15) is 19.5 Å². The van der Waals surface area contributed by atoms with Gasteiger partial charge in [0.1, 0.15) is 11.3 Å². The first-order valence-corrected chi connectivity index (χ1v) is 9.58. The predicted molar refractivity (Wildman–Crippen MR) is 102 cm³/mol. The number of H-pyrrole nitrogens is 1. The average molecular weight is 380 g/mol. The van der Waals surface area contributed by atoms with Gasteiger partial charge in [-0.25, -0.2) is 14.6 Å². The summed E-state index contributed by atoms with van der Waals surface area (Å²) in [6, 6.07) is 6.37. The van der Waals surface area contributed by atoms with Gasteiger partial charge in [-0.2, -0.15) is 0 Å². The third kappa shape index (κ3) is 2.94. The fraction of sp³-hybridized carbons (Fsp3) is 0.400. The summed E-state index contributed by atoms with van der Waals surface area (Å²) in [6.07, 6.45) is 4.24. The minimum Gasteiger partial charge on any atom is -0.478 e. The van der Waals surface area contributed by atoms with Gasteiger partial charge >= 0.3 is 11.7 Å². The summed E-state index contributed by atoms with van der Waals surface area (Å²) in [5.41, 5.74) is 0.705. The van der Waals surface area contributed by atoms with E-state index in [4.69, 9.17) is 0 Å². The van der Waals surface area contributed by atoms with Crippen molar-refractivity contribution in [2.45, 2.75) is 38.8 Å². The number of hydrogen-bond donors (Lipinski definition) is 2. The minimum atomic E-state index is -1.03. The number of carboxylic acid groups (broad SMARTS) is 1. The summed E-state index contributed by atoms with van der Waals surface area (Å²) < 4.78 is 2.94. The summed E-state index contributed by atoms with van der Waals surface area (Å²) in [6.45, 7) is 1.00. The molecule has 0 radical (unpaired) electrons. The maximum absolute atomic E-state index is 13.0. The fourth-order valence-electron chi connectivity index (χ4n) is 3.55. The Balaban J connectivity index is 1.70. The molecule has 2 aliphatic rings. The van der Waals surface area contributed by atoms with Crippen LogP contribution in [0.15, 0.2) is 33.9 Å². The van der Waals surface area contributed by atoms with Crippen molar-refractivity contribution in [2.24, 2.45) is 11.8 Å². The summed E-state index contributed by atoms with van der Waals surface area (Å²) >= 11 is 0. The topological polar surface area (TPSA) is 110 Å². The fourth-order valence-corrected chi connectivity index (χ4v) is 3.55. The molecule has 144 valence electrons. The lowest BCUT2D eigenvalue weighted by molar-refractivity contribution is 0.0697. The lowest BCUT2D eigenvalue weighted by Gasteiger charge is -2.10. The second-order valence-electron chi connectivity index (χ2n) is 7.87. The van der Waals surface area contributed by atoms with Crippen molar-refractivity contribution in [3.05, 3.63) is 50.7 Å². The van der Waals surface area contributed by atoms with Crippen molar-refractivity contribution >= 4 is 17.1 Å².